The van der Waals surface area contributed by atoms with E-state index >= 15 is 0 Å². The van der Waals surface area contributed by atoms with Crippen LogP contribution in [0.5, 0.6) is 0 Å². The number of thiophene rings is 1. The molecule has 0 atom stereocenters. The van der Waals surface area contributed by atoms with Crippen LogP contribution in [0, 0.1) is 5.82 Å². The molecule has 21 heavy (non-hydrogen) atoms. The van der Waals surface area contributed by atoms with Crippen LogP contribution in [0.15, 0.2) is 29.6 Å². The molecule has 0 aliphatic heterocycles. The molecule has 4 heteroatoms. The van der Waals surface area contributed by atoms with Crippen molar-refractivity contribution in [1.82, 2.24) is 9.38 Å². The highest BCUT2D eigenvalue weighted by molar-refractivity contribution is 7.16. The summed E-state index contributed by atoms with van der Waals surface area (Å²) >= 11 is 1.63. The van der Waals surface area contributed by atoms with E-state index in [1.165, 1.54) is 6.07 Å². The second-order valence-corrected chi connectivity index (χ2v) is 5.84. The second-order valence-electron chi connectivity index (χ2n) is 4.95. The van der Waals surface area contributed by atoms with Crippen LogP contribution in [-0.2, 0) is 0 Å². The smallest absolute Gasteiger partial charge is 0.147 e. The summed E-state index contributed by atoms with van der Waals surface area (Å²) in [6.07, 6.45) is 4.10. The van der Waals surface area contributed by atoms with Crippen molar-refractivity contribution in [3.8, 4) is 0 Å². The highest BCUT2D eigenvalue weighted by Gasteiger charge is 2.12. The van der Waals surface area contributed by atoms with Gasteiger partial charge < -0.3 is 0 Å². The van der Waals surface area contributed by atoms with Gasteiger partial charge in [0, 0.05) is 10.6 Å². The molecule has 0 N–H and O–H groups in total. The molecule has 4 rings (SSSR count). The Kier molecular flexibility index (Phi) is 2.62. The van der Waals surface area contributed by atoms with E-state index in [2.05, 4.69) is 16.5 Å². The van der Waals surface area contributed by atoms with Gasteiger partial charge in [-0.2, -0.15) is 0 Å². The maximum absolute atomic E-state index is 13.7. The highest BCUT2D eigenvalue weighted by atomic mass is 32.1. The average Bonchev–Trinajstić information content (AvgIpc) is 3.06. The zero-order valence-corrected chi connectivity index (χ0v) is 12.5. The van der Waals surface area contributed by atoms with Gasteiger partial charge in [0.05, 0.1) is 10.9 Å². The van der Waals surface area contributed by atoms with Gasteiger partial charge in [0.15, 0.2) is 0 Å². The van der Waals surface area contributed by atoms with E-state index in [1.54, 1.807) is 17.4 Å². The molecule has 0 unspecified atom stereocenters. The Morgan fingerprint density at radius 2 is 2.00 bits per heavy atom. The van der Waals surface area contributed by atoms with E-state index in [0.29, 0.717) is 0 Å². The first-order chi connectivity index (χ1) is 10.2. The van der Waals surface area contributed by atoms with Gasteiger partial charge in [0.2, 0.25) is 0 Å². The van der Waals surface area contributed by atoms with Gasteiger partial charge in [-0.05, 0) is 48.9 Å². The molecule has 0 amide bonds. The van der Waals surface area contributed by atoms with Crippen molar-refractivity contribution in [2.45, 2.75) is 13.8 Å². The van der Waals surface area contributed by atoms with Crippen LogP contribution in [0.4, 0.5) is 4.39 Å². The van der Waals surface area contributed by atoms with Gasteiger partial charge in [-0.25, -0.2) is 9.37 Å². The minimum atomic E-state index is -0.217. The first-order valence-corrected chi connectivity index (χ1v) is 7.72. The fraction of sp³-hybridized carbons (Fsp3) is 0.118. The average molecular weight is 296 g/mol. The number of pyridine rings is 1. The van der Waals surface area contributed by atoms with Gasteiger partial charge in [-0.3, -0.25) is 4.40 Å². The van der Waals surface area contributed by atoms with E-state index in [-0.39, 0.29) is 5.82 Å². The summed E-state index contributed by atoms with van der Waals surface area (Å²) in [5.41, 5.74) is 2.00. The monoisotopic (exact) mass is 296 g/mol. The lowest BCUT2D eigenvalue weighted by Gasteiger charge is -2.05. The standard InChI is InChI=1S/C17H13FN2S/c1-3-11-13-9-10(18)5-6-12(13)16-19-17-15(7-8-21-17)20(16)14(11)4-2/h3-9H,1-2H3/b11-3-,14-4+. The molecule has 1 aromatic carbocycles. The summed E-state index contributed by atoms with van der Waals surface area (Å²) in [5.74, 6) is -0.217. The van der Waals surface area contributed by atoms with E-state index in [0.717, 1.165) is 37.3 Å². The van der Waals surface area contributed by atoms with Crippen LogP contribution in [-0.4, -0.2) is 9.38 Å². The van der Waals surface area contributed by atoms with E-state index < -0.39 is 0 Å². The van der Waals surface area contributed by atoms with Gasteiger partial charge in [-0.1, -0.05) is 12.2 Å². The zero-order chi connectivity index (χ0) is 14.6. The Labute approximate surface area is 124 Å². The molecule has 104 valence electrons. The number of hydrogen-bond donors (Lipinski definition) is 0. The van der Waals surface area contributed by atoms with Crippen molar-refractivity contribution >= 4 is 50.3 Å². The van der Waals surface area contributed by atoms with Gasteiger partial charge in [-0.15, -0.1) is 11.3 Å². The first-order valence-electron chi connectivity index (χ1n) is 6.84. The Balaban J connectivity index is 2.49. The topological polar surface area (TPSA) is 17.3 Å². The van der Waals surface area contributed by atoms with Crippen molar-refractivity contribution in [1.29, 1.82) is 0 Å². The normalized spacial score (nSPS) is 14.0. The Bertz CT molecular complexity index is 1120. The molecule has 0 bridgehead atoms. The zero-order valence-electron chi connectivity index (χ0n) is 11.7. The number of benzene rings is 1. The fourth-order valence-electron chi connectivity index (χ4n) is 3.01. The van der Waals surface area contributed by atoms with Crippen molar-refractivity contribution in [2.75, 3.05) is 0 Å². The SMILES string of the molecule is C/C=c1\c(=C/C)n2c3ccsc3nc2c2ccc(F)cc12. The summed E-state index contributed by atoms with van der Waals surface area (Å²) in [4.78, 5) is 5.75. The summed E-state index contributed by atoms with van der Waals surface area (Å²) in [7, 11) is 0. The molecule has 0 saturated heterocycles. The molecule has 3 aromatic heterocycles. The quantitative estimate of drug-likeness (QED) is 0.486. The van der Waals surface area contributed by atoms with Crippen LogP contribution in [0.25, 0.3) is 38.9 Å². The summed E-state index contributed by atoms with van der Waals surface area (Å²) in [6, 6.07) is 7.01. The molecule has 0 spiro atoms. The van der Waals surface area contributed by atoms with Gasteiger partial charge >= 0.3 is 0 Å². The van der Waals surface area contributed by atoms with Crippen molar-refractivity contribution < 1.29 is 4.39 Å². The van der Waals surface area contributed by atoms with Crippen LogP contribution in [0.1, 0.15) is 13.8 Å². The third-order valence-corrected chi connectivity index (χ3v) is 4.67. The number of aromatic nitrogens is 2. The molecular formula is C17H13FN2S. The van der Waals surface area contributed by atoms with Crippen molar-refractivity contribution in [3.05, 3.63) is 46.0 Å². The van der Waals surface area contributed by atoms with E-state index in [9.17, 15) is 4.39 Å². The highest BCUT2D eigenvalue weighted by Crippen LogP contribution is 2.24. The Morgan fingerprint density at radius 3 is 2.76 bits per heavy atom. The molecular weight excluding hydrogens is 283 g/mol. The van der Waals surface area contributed by atoms with Crippen molar-refractivity contribution in [3.63, 3.8) is 0 Å². The summed E-state index contributed by atoms with van der Waals surface area (Å²) in [5, 5.41) is 6.05. The molecule has 0 aliphatic carbocycles. The first kappa shape index (κ1) is 12.5. The molecule has 0 saturated carbocycles. The maximum atomic E-state index is 13.7. The number of halogens is 1. The number of rotatable bonds is 0. The minimum absolute atomic E-state index is 0.217. The number of imidazole rings is 1. The van der Waals surface area contributed by atoms with Crippen molar-refractivity contribution in [2.24, 2.45) is 0 Å². The number of hydrogen-bond acceptors (Lipinski definition) is 2. The van der Waals surface area contributed by atoms with Gasteiger partial charge in [0.25, 0.3) is 0 Å². The largest absolute Gasteiger partial charge is 0.291 e. The number of fused-ring (bicyclic) bond motifs is 5. The summed E-state index contributed by atoms with van der Waals surface area (Å²) in [6.45, 7) is 3.99. The lowest BCUT2D eigenvalue weighted by molar-refractivity contribution is 0.629. The Morgan fingerprint density at radius 1 is 1.14 bits per heavy atom. The third kappa shape index (κ3) is 1.59. The molecule has 2 nitrogen and oxygen atoms in total. The van der Waals surface area contributed by atoms with Crippen LogP contribution in [0.2, 0.25) is 0 Å². The maximum Gasteiger partial charge on any atom is 0.147 e. The van der Waals surface area contributed by atoms with Gasteiger partial charge in [0.1, 0.15) is 16.3 Å². The lowest BCUT2D eigenvalue weighted by Crippen LogP contribution is -2.32. The fourth-order valence-corrected chi connectivity index (χ4v) is 3.76. The summed E-state index contributed by atoms with van der Waals surface area (Å²) < 4.78 is 15.9. The minimum Gasteiger partial charge on any atom is -0.291 e. The lowest BCUT2D eigenvalue weighted by atomic mass is 10.1. The molecule has 0 fully saturated rings. The van der Waals surface area contributed by atoms with Crippen LogP contribution in [0.3, 0.4) is 0 Å². The van der Waals surface area contributed by atoms with Crippen LogP contribution >= 0.6 is 11.3 Å². The predicted octanol–water partition coefficient (Wildman–Crippen LogP) is 3.44. The predicted molar refractivity (Wildman–Crippen MR) is 87.6 cm³/mol. The Hall–Kier alpha value is -2.20. The number of nitrogens with zero attached hydrogens (tertiary/aromatic N) is 2. The second kappa shape index (κ2) is 4.40. The molecule has 3 heterocycles. The van der Waals surface area contributed by atoms with E-state index in [1.807, 2.05) is 31.4 Å². The molecule has 0 radical (unpaired) electrons. The molecule has 4 aromatic rings. The third-order valence-electron chi connectivity index (χ3n) is 3.88. The van der Waals surface area contributed by atoms with Crippen LogP contribution < -0.4 is 10.6 Å². The van der Waals surface area contributed by atoms with E-state index in [4.69, 9.17) is 4.98 Å². The molecule has 0 aliphatic rings.